The molecule has 4 atom stereocenters. The molecule has 3 rings (SSSR count). The van der Waals surface area contributed by atoms with Gasteiger partial charge in [0.05, 0.1) is 11.4 Å². The Hall–Kier alpha value is -0.620. The Bertz CT molecular complexity index is 575. The lowest BCUT2D eigenvalue weighted by Crippen LogP contribution is -2.56. The van der Waals surface area contributed by atoms with E-state index in [0.717, 1.165) is 38.4 Å². The van der Waals surface area contributed by atoms with Crippen LogP contribution in [0.5, 0.6) is 0 Å². The Morgan fingerprint density at radius 1 is 1.06 bits per heavy atom. The van der Waals surface area contributed by atoms with Gasteiger partial charge in [-0.15, -0.1) is 11.6 Å². The van der Waals surface area contributed by atoms with Crippen LogP contribution in [0.15, 0.2) is 12.2 Å². The molecule has 1 saturated carbocycles. The molecule has 2 aliphatic carbocycles. The van der Waals surface area contributed by atoms with Crippen molar-refractivity contribution in [2.45, 2.75) is 97.9 Å². The van der Waals surface area contributed by atoms with Crippen LogP contribution in [-0.4, -0.2) is 52.8 Å². The summed E-state index contributed by atoms with van der Waals surface area (Å²) >= 11 is 6.26. The Labute approximate surface area is 202 Å². The first-order chi connectivity index (χ1) is 13.8. The molecule has 5 N–H and O–H groups in total. The molecule has 1 aliphatic heterocycles. The first-order valence-electron chi connectivity index (χ1n) is 12.1. The van der Waals surface area contributed by atoms with E-state index < -0.39 is 0 Å². The molecule has 0 aromatic carbocycles. The first kappa shape index (κ1) is 31.4. The second-order valence-corrected chi connectivity index (χ2v) is 11.5. The molecule has 1 saturated heterocycles. The molecule has 0 aromatic rings. The van der Waals surface area contributed by atoms with Gasteiger partial charge < -0.3 is 21.2 Å². The average Bonchev–Trinajstić information content (AvgIpc) is 2.68. The lowest BCUT2D eigenvalue weighted by molar-refractivity contribution is -0.139. The largest absolute Gasteiger partial charge is 0.412 e. The highest BCUT2D eigenvalue weighted by Gasteiger charge is 2.42. The number of halogens is 1. The molecule has 3 aliphatic rings. The Balaban J connectivity index is 0.00000320. The summed E-state index contributed by atoms with van der Waals surface area (Å²) in [4.78, 5) is 15.6. The van der Waals surface area contributed by atoms with Crippen LogP contribution in [0.1, 0.15) is 86.5 Å². The maximum absolute atomic E-state index is 13.5. The van der Waals surface area contributed by atoms with E-state index in [9.17, 15) is 4.79 Å². The van der Waals surface area contributed by atoms with E-state index in [-0.39, 0.29) is 35.2 Å². The van der Waals surface area contributed by atoms with Gasteiger partial charge >= 0.3 is 0 Å². The summed E-state index contributed by atoms with van der Waals surface area (Å²) < 4.78 is 0. The van der Waals surface area contributed by atoms with Gasteiger partial charge in [0.2, 0.25) is 5.91 Å². The van der Waals surface area contributed by atoms with Gasteiger partial charge in [0.1, 0.15) is 0 Å². The summed E-state index contributed by atoms with van der Waals surface area (Å²) in [5.41, 5.74) is 0.146. The SMILES string of the molecule is C.CC(C)[C@@H](NCC1CCCCC1)C(=O)N1CCC(C2C=CC(Cl)CC2)C(C)(C)C1.O.O. The highest BCUT2D eigenvalue weighted by molar-refractivity contribution is 6.21. The summed E-state index contributed by atoms with van der Waals surface area (Å²) in [5.74, 6) is 2.65. The zero-order valence-corrected chi connectivity index (χ0v) is 20.9. The number of carbonyl (C=O) groups excluding carboxylic acids is 1. The predicted octanol–water partition coefficient (Wildman–Crippen LogP) is 4.62. The third-order valence-electron chi connectivity index (χ3n) is 7.77. The molecule has 0 aromatic heterocycles. The lowest BCUT2D eigenvalue weighted by Gasteiger charge is -2.48. The van der Waals surface area contributed by atoms with E-state index in [2.05, 4.69) is 50.1 Å². The molecular formula is C26H51ClN2O3. The van der Waals surface area contributed by atoms with E-state index >= 15 is 0 Å². The second kappa shape index (κ2) is 13.9. The normalized spacial score (nSPS) is 28.8. The van der Waals surface area contributed by atoms with E-state index in [1.807, 2.05) is 0 Å². The van der Waals surface area contributed by atoms with Crippen LogP contribution in [0.2, 0.25) is 0 Å². The highest BCUT2D eigenvalue weighted by Crippen LogP contribution is 2.43. The number of piperidine rings is 1. The van der Waals surface area contributed by atoms with Gasteiger partial charge in [0.15, 0.2) is 0 Å². The molecule has 32 heavy (non-hydrogen) atoms. The molecule has 1 amide bonds. The van der Waals surface area contributed by atoms with Crippen LogP contribution in [0, 0.1) is 29.1 Å². The predicted molar refractivity (Wildman–Crippen MR) is 137 cm³/mol. The quantitative estimate of drug-likeness (QED) is 0.449. The van der Waals surface area contributed by atoms with Gasteiger partial charge in [-0.1, -0.05) is 66.5 Å². The minimum atomic E-state index is -0.0455. The highest BCUT2D eigenvalue weighted by atomic mass is 35.5. The molecule has 190 valence electrons. The zero-order valence-electron chi connectivity index (χ0n) is 20.1. The molecule has 5 nitrogen and oxygen atoms in total. The fourth-order valence-electron chi connectivity index (χ4n) is 5.99. The maximum atomic E-state index is 13.5. The minimum absolute atomic E-state index is 0. The van der Waals surface area contributed by atoms with Crippen molar-refractivity contribution < 1.29 is 15.7 Å². The summed E-state index contributed by atoms with van der Waals surface area (Å²) in [6.07, 6.45) is 14.7. The number of carbonyl (C=O) groups is 1. The third-order valence-corrected chi connectivity index (χ3v) is 8.13. The zero-order chi connectivity index (χ0) is 21.0. The molecular weight excluding hydrogens is 424 g/mol. The van der Waals surface area contributed by atoms with Crippen LogP contribution in [0.3, 0.4) is 0 Å². The van der Waals surface area contributed by atoms with E-state index in [0.29, 0.717) is 23.7 Å². The van der Waals surface area contributed by atoms with Crippen molar-refractivity contribution in [1.29, 1.82) is 0 Å². The molecule has 1 heterocycles. The first-order valence-corrected chi connectivity index (χ1v) is 12.6. The standard InChI is InChI=1S/C25H43ClN2O.CH4.2H2O/c1-18(2)23(27-16-19-8-6-5-7-9-19)24(29)28-15-14-22(25(3,4)17-28)20-10-12-21(26)13-11-20;;;/h10,12,18-23,27H,5-9,11,13-17H2,1-4H3;1H4;2*1H2/t20?,21?,22?,23-;;;/m1.../s1. The summed E-state index contributed by atoms with van der Waals surface area (Å²) in [5, 5.41) is 3.88. The van der Waals surface area contributed by atoms with E-state index in [1.54, 1.807) is 0 Å². The van der Waals surface area contributed by atoms with Crippen molar-refractivity contribution in [3.63, 3.8) is 0 Å². The van der Waals surface area contributed by atoms with Crippen molar-refractivity contribution in [3.05, 3.63) is 12.2 Å². The summed E-state index contributed by atoms with van der Waals surface area (Å²) in [6.45, 7) is 11.9. The molecule has 2 fully saturated rings. The second-order valence-electron chi connectivity index (χ2n) is 10.9. The number of amides is 1. The van der Waals surface area contributed by atoms with Gasteiger partial charge in [0, 0.05) is 13.1 Å². The number of nitrogens with zero attached hydrogens (tertiary/aromatic N) is 1. The average molecular weight is 475 g/mol. The Morgan fingerprint density at radius 2 is 1.72 bits per heavy atom. The lowest BCUT2D eigenvalue weighted by atomic mass is 9.65. The molecule has 0 bridgehead atoms. The minimum Gasteiger partial charge on any atom is -0.412 e. The molecule has 6 heteroatoms. The van der Waals surface area contributed by atoms with Crippen molar-refractivity contribution in [1.82, 2.24) is 10.2 Å². The van der Waals surface area contributed by atoms with Gasteiger partial charge in [0.25, 0.3) is 0 Å². The van der Waals surface area contributed by atoms with E-state index in [4.69, 9.17) is 11.6 Å². The number of nitrogens with one attached hydrogen (secondary N) is 1. The van der Waals surface area contributed by atoms with Crippen LogP contribution >= 0.6 is 11.6 Å². The van der Waals surface area contributed by atoms with Crippen molar-refractivity contribution in [2.24, 2.45) is 29.1 Å². The number of allylic oxidation sites excluding steroid dienone is 2. The van der Waals surface area contributed by atoms with Gasteiger partial charge in [-0.3, -0.25) is 4.79 Å². The van der Waals surface area contributed by atoms with Gasteiger partial charge in [-0.05, 0) is 67.7 Å². The van der Waals surface area contributed by atoms with Crippen molar-refractivity contribution in [3.8, 4) is 0 Å². The maximum Gasteiger partial charge on any atom is 0.239 e. The van der Waals surface area contributed by atoms with Crippen molar-refractivity contribution in [2.75, 3.05) is 19.6 Å². The molecule has 0 spiro atoms. The smallest absolute Gasteiger partial charge is 0.239 e. The molecule has 3 unspecified atom stereocenters. The van der Waals surface area contributed by atoms with Crippen LogP contribution in [0.25, 0.3) is 0 Å². The topological polar surface area (TPSA) is 95.3 Å². The fourth-order valence-corrected chi connectivity index (χ4v) is 6.20. The number of rotatable bonds is 6. The Morgan fingerprint density at radius 3 is 2.25 bits per heavy atom. The summed E-state index contributed by atoms with van der Waals surface area (Å²) in [7, 11) is 0. The third kappa shape index (κ3) is 8.00. The number of likely N-dealkylation sites (tertiary alicyclic amines) is 1. The number of hydrogen-bond acceptors (Lipinski definition) is 2. The van der Waals surface area contributed by atoms with Crippen LogP contribution in [-0.2, 0) is 4.79 Å². The molecule has 0 radical (unpaired) electrons. The number of alkyl halides is 1. The van der Waals surface area contributed by atoms with Gasteiger partial charge in [-0.25, -0.2) is 0 Å². The fraction of sp³-hybridized carbons (Fsp3) is 0.885. The van der Waals surface area contributed by atoms with Crippen LogP contribution in [0.4, 0.5) is 0 Å². The number of hydrogen-bond donors (Lipinski definition) is 1. The van der Waals surface area contributed by atoms with Crippen LogP contribution < -0.4 is 5.32 Å². The monoisotopic (exact) mass is 474 g/mol. The summed E-state index contributed by atoms with van der Waals surface area (Å²) in [6, 6.07) is -0.0455. The van der Waals surface area contributed by atoms with E-state index in [1.165, 1.54) is 38.5 Å². The Kier molecular flexibility index (Phi) is 13.7. The van der Waals surface area contributed by atoms with Crippen molar-refractivity contribution >= 4 is 17.5 Å². The van der Waals surface area contributed by atoms with Gasteiger partial charge in [-0.2, -0.15) is 0 Å².